The van der Waals surface area contributed by atoms with Crippen molar-refractivity contribution in [2.24, 2.45) is 28.4 Å². The van der Waals surface area contributed by atoms with E-state index in [4.69, 9.17) is 14.9 Å². The predicted molar refractivity (Wildman–Crippen MR) is 216 cm³/mol. The van der Waals surface area contributed by atoms with Crippen LogP contribution in [-0.2, 0) is 32.3 Å². The lowest BCUT2D eigenvalue weighted by Crippen LogP contribution is -2.36. The Morgan fingerprint density at radius 2 is 1.76 bits per heavy atom. The van der Waals surface area contributed by atoms with Crippen molar-refractivity contribution in [3.63, 3.8) is 0 Å². The van der Waals surface area contributed by atoms with E-state index in [-0.39, 0.29) is 25.1 Å². The average Bonchev–Trinajstić information content (AvgIpc) is 4.02. The van der Waals surface area contributed by atoms with Crippen LogP contribution in [0.2, 0.25) is 0 Å². The summed E-state index contributed by atoms with van der Waals surface area (Å²) in [7, 11) is 0. The van der Waals surface area contributed by atoms with Gasteiger partial charge in [0.2, 0.25) is 0 Å². The molecule has 4 aliphatic rings. The molecule has 304 valence electrons. The Morgan fingerprint density at radius 1 is 0.964 bits per heavy atom. The number of aromatic hydroxyl groups is 1. The molecule has 3 fully saturated rings. The lowest BCUT2D eigenvalue weighted by atomic mass is 9.66. The van der Waals surface area contributed by atoms with Crippen LogP contribution in [0.3, 0.4) is 0 Å². The van der Waals surface area contributed by atoms with Crippen molar-refractivity contribution in [3.05, 3.63) is 69.9 Å². The van der Waals surface area contributed by atoms with Gasteiger partial charge in [0.25, 0.3) is 0 Å². The Morgan fingerprint density at radius 3 is 2.53 bits per heavy atom. The molecule has 0 saturated heterocycles. The molecular weight excluding hydrogens is 691 g/mol. The molecule has 2 heterocycles. The number of nitrogens with two attached hydrogens (primary N) is 1. The largest absolute Gasteiger partial charge is 0.504 e. The van der Waals surface area contributed by atoms with Crippen LogP contribution in [0.1, 0.15) is 155 Å². The third kappa shape index (κ3) is 9.33. The fourth-order valence-corrected chi connectivity index (χ4v) is 11.7. The summed E-state index contributed by atoms with van der Waals surface area (Å²) in [6.45, 7) is 4.00. The maximum absolute atomic E-state index is 11.5. The van der Waals surface area contributed by atoms with E-state index in [9.17, 15) is 20.4 Å². The summed E-state index contributed by atoms with van der Waals surface area (Å²) in [4.78, 5) is 3.69. The molecule has 55 heavy (non-hydrogen) atoms. The van der Waals surface area contributed by atoms with Crippen LogP contribution in [0, 0.1) is 22.7 Å². The first-order valence-electron chi connectivity index (χ1n) is 21.9. The lowest BCUT2D eigenvalue weighted by Gasteiger charge is -2.39. The minimum absolute atomic E-state index is 0.0211. The van der Waals surface area contributed by atoms with Crippen LogP contribution >= 0.6 is 0 Å². The van der Waals surface area contributed by atoms with Crippen molar-refractivity contribution in [2.45, 2.75) is 154 Å². The van der Waals surface area contributed by atoms with Gasteiger partial charge < -0.3 is 45.6 Å². The van der Waals surface area contributed by atoms with Gasteiger partial charge in [0.05, 0.1) is 12.7 Å². The highest BCUT2D eigenvalue weighted by atomic mass is 16.5. The lowest BCUT2D eigenvalue weighted by molar-refractivity contribution is 0.101. The smallest absolute Gasteiger partial charge is 0.161 e. The maximum Gasteiger partial charge on any atom is 0.161 e. The van der Waals surface area contributed by atoms with E-state index in [1.165, 1.54) is 88.3 Å². The van der Waals surface area contributed by atoms with E-state index in [1.54, 1.807) is 6.07 Å². The Balaban J connectivity index is 0.965. The summed E-state index contributed by atoms with van der Waals surface area (Å²) in [6, 6.07) is 9.59. The number of ether oxygens (including phenoxy) is 1. The van der Waals surface area contributed by atoms with Crippen LogP contribution in [0.25, 0.3) is 0 Å². The Labute approximate surface area is 328 Å². The number of benzene rings is 1. The minimum atomic E-state index is -0.872. The molecule has 3 saturated carbocycles. The number of H-pyrrole nitrogens is 1. The van der Waals surface area contributed by atoms with Crippen LogP contribution in [0.5, 0.6) is 11.5 Å². The second-order valence-electron chi connectivity index (χ2n) is 18.1. The number of aliphatic hydroxyl groups is 3. The number of phenols is 1. The molecule has 1 spiro atoms. The SMILES string of the molecule is CC(O)CNCC1c2cc(C(O)COc3cc(CCc4cc(CO)c(CCCCC5(CCN)CCCC5)o4)ccc3O)[nH]c2CC2(CCCC2)C2CCCC12. The number of aromatic nitrogens is 1. The molecule has 5 atom stereocenters. The number of aliphatic hydroxyl groups excluding tert-OH is 3. The van der Waals surface area contributed by atoms with Gasteiger partial charge in [0.1, 0.15) is 24.2 Å². The maximum atomic E-state index is 11.5. The third-order valence-electron chi connectivity index (χ3n) is 14.4. The summed E-state index contributed by atoms with van der Waals surface area (Å²) < 4.78 is 12.4. The monoisotopic (exact) mass is 760 g/mol. The highest BCUT2D eigenvalue weighted by Crippen LogP contribution is 2.60. The topological polar surface area (TPSA) is 157 Å². The fourth-order valence-electron chi connectivity index (χ4n) is 11.7. The average molecular weight is 760 g/mol. The number of aromatic amines is 1. The van der Waals surface area contributed by atoms with Gasteiger partial charge in [-0.3, -0.25) is 0 Å². The molecule has 5 unspecified atom stereocenters. The summed E-state index contributed by atoms with van der Waals surface area (Å²) in [5.74, 6) is 3.84. The summed E-state index contributed by atoms with van der Waals surface area (Å²) >= 11 is 0. The third-order valence-corrected chi connectivity index (χ3v) is 14.4. The van der Waals surface area contributed by atoms with Gasteiger partial charge >= 0.3 is 0 Å². The second kappa shape index (κ2) is 18.2. The number of fused-ring (bicyclic) bond motifs is 3. The number of phenolic OH excluding ortho intramolecular Hbond substituents is 1. The van der Waals surface area contributed by atoms with Gasteiger partial charge in [-0.15, -0.1) is 0 Å². The van der Waals surface area contributed by atoms with Crippen molar-refractivity contribution >= 4 is 0 Å². The highest BCUT2D eigenvalue weighted by Gasteiger charge is 2.51. The number of hydrogen-bond donors (Lipinski definition) is 7. The molecule has 0 aliphatic heterocycles. The number of aryl methyl sites for hydroxylation is 3. The summed E-state index contributed by atoms with van der Waals surface area (Å²) in [6.07, 6.45) is 20.8. The molecule has 0 radical (unpaired) electrons. The molecule has 0 bridgehead atoms. The van der Waals surface area contributed by atoms with Gasteiger partial charge in [-0.25, -0.2) is 0 Å². The minimum Gasteiger partial charge on any atom is -0.504 e. The molecule has 7 rings (SSSR count). The number of nitrogens with one attached hydrogen (secondary N) is 2. The summed E-state index contributed by atoms with van der Waals surface area (Å²) in [5, 5.41) is 45.8. The molecule has 8 N–H and O–H groups in total. The van der Waals surface area contributed by atoms with E-state index in [0.29, 0.717) is 47.8 Å². The zero-order chi connectivity index (χ0) is 38.4. The Kier molecular flexibility index (Phi) is 13.4. The van der Waals surface area contributed by atoms with Gasteiger partial charge in [-0.2, -0.15) is 0 Å². The molecule has 1 aromatic carbocycles. The molecule has 9 heteroatoms. The van der Waals surface area contributed by atoms with Gasteiger partial charge in [-0.1, -0.05) is 44.6 Å². The fraction of sp³-hybridized carbons (Fsp3) is 0.696. The molecule has 4 aliphatic carbocycles. The number of hydrogen-bond acceptors (Lipinski definition) is 8. The summed E-state index contributed by atoms with van der Waals surface area (Å²) in [5.41, 5.74) is 12.0. The molecule has 3 aromatic rings. The standard InChI is InChI=1S/C46H69N3O6/c1-31(51)27-48-28-37-35-9-8-10-38(35)46(19-6-7-20-46)26-40-36(37)25-39(49-40)42(53)30-54-44-23-32(13-15-41(44)52)12-14-34-24-33(29-50)43(55-34)11-2-3-16-45(21-22-47)17-4-5-18-45/h13,15,23-25,31,35,37-38,42,48-53H,2-12,14,16-22,26-30,47H2,1H3. The van der Waals surface area contributed by atoms with Crippen molar-refractivity contribution in [2.75, 3.05) is 26.2 Å². The van der Waals surface area contributed by atoms with E-state index in [0.717, 1.165) is 79.5 Å². The van der Waals surface area contributed by atoms with E-state index in [1.807, 2.05) is 25.1 Å². The second-order valence-corrected chi connectivity index (χ2v) is 18.1. The van der Waals surface area contributed by atoms with Crippen molar-refractivity contribution in [1.82, 2.24) is 10.3 Å². The molecule has 9 nitrogen and oxygen atoms in total. The van der Waals surface area contributed by atoms with E-state index in [2.05, 4.69) is 16.4 Å². The number of furan rings is 1. The number of rotatable bonds is 19. The molecule has 0 amide bonds. The van der Waals surface area contributed by atoms with Crippen molar-refractivity contribution in [1.29, 1.82) is 0 Å². The Bertz CT molecular complexity index is 1670. The normalized spacial score (nSPS) is 23.8. The molecular formula is C46H69N3O6. The van der Waals surface area contributed by atoms with Crippen molar-refractivity contribution in [3.8, 4) is 11.5 Å². The van der Waals surface area contributed by atoms with Crippen LogP contribution < -0.4 is 15.8 Å². The van der Waals surface area contributed by atoms with Gasteiger partial charge in [0.15, 0.2) is 11.5 Å². The first kappa shape index (κ1) is 40.4. The van der Waals surface area contributed by atoms with Crippen LogP contribution in [0.15, 0.2) is 34.7 Å². The first-order chi connectivity index (χ1) is 26.7. The zero-order valence-corrected chi connectivity index (χ0v) is 33.4. The van der Waals surface area contributed by atoms with E-state index < -0.39 is 6.10 Å². The van der Waals surface area contributed by atoms with Crippen molar-refractivity contribution < 1.29 is 29.6 Å². The quantitative estimate of drug-likeness (QED) is 0.0608. The first-order valence-corrected chi connectivity index (χ1v) is 21.9. The van der Waals surface area contributed by atoms with Gasteiger partial charge in [0, 0.05) is 48.8 Å². The van der Waals surface area contributed by atoms with Crippen LogP contribution in [-0.4, -0.2) is 57.8 Å². The predicted octanol–water partition coefficient (Wildman–Crippen LogP) is 7.91. The number of unbranched alkanes of at least 4 members (excludes halogenated alkanes) is 1. The zero-order valence-electron chi connectivity index (χ0n) is 33.4. The van der Waals surface area contributed by atoms with Gasteiger partial charge in [-0.05, 0) is 142 Å². The highest BCUT2D eigenvalue weighted by molar-refractivity contribution is 5.42. The van der Waals surface area contributed by atoms with Crippen LogP contribution in [0.4, 0.5) is 0 Å². The Hall–Kier alpha value is -2.82. The molecule has 2 aromatic heterocycles. The van der Waals surface area contributed by atoms with E-state index >= 15 is 0 Å².